The first-order chi connectivity index (χ1) is 19.1. The van der Waals surface area contributed by atoms with Crippen molar-refractivity contribution in [2.75, 3.05) is 7.11 Å². The van der Waals surface area contributed by atoms with Gasteiger partial charge in [-0.3, -0.25) is 4.79 Å². The predicted octanol–water partition coefficient (Wildman–Crippen LogP) is 1.92. The Balaban J connectivity index is -0.0000000669. The number of aldehydes is 1. The van der Waals surface area contributed by atoms with Crippen LogP contribution in [-0.2, 0) is 33.8 Å². The summed E-state index contributed by atoms with van der Waals surface area (Å²) in [6.45, 7) is 7.45. The number of aliphatic hydroxyl groups is 1. The van der Waals surface area contributed by atoms with Crippen LogP contribution in [-0.4, -0.2) is 72.8 Å². The number of rotatable bonds is 3. The molecule has 0 saturated heterocycles. The Kier molecular flexibility index (Phi) is 46.2. The van der Waals surface area contributed by atoms with E-state index in [1.807, 2.05) is 27.7 Å². The van der Waals surface area contributed by atoms with Gasteiger partial charge in [0.15, 0.2) is 17.9 Å². The van der Waals surface area contributed by atoms with Crippen LogP contribution in [0.25, 0.3) is 0 Å². The number of halogens is 1. The Morgan fingerprint density at radius 2 is 1.07 bits per heavy atom. The van der Waals surface area contributed by atoms with Crippen LogP contribution in [0.3, 0.4) is 0 Å². The molecule has 1 N–H and O–H groups in total. The van der Waals surface area contributed by atoms with E-state index in [9.17, 15) is 9.59 Å². The summed E-state index contributed by atoms with van der Waals surface area (Å²) >= 11 is 3.95. The van der Waals surface area contributed by atoms with Crippen LogP contribution < -0.4 is 29.6 Å². The van der Waals surface area contributed by atoms with E-state index in [1.165, 1.54) is 7.11 Å². The summed E-state index contributed by atoms with van der Waals surface area (Å²) < 4.78 is 21.2. The quantitative estimate of drug-likeness (QED) is 0.140. The maximum atomic E-state index is 10.8. The average Bonchev–Trinajstić information content (AvgIpc) is 2.97. The van der Waals surface area contributed by atoms with E-state index in [4.69, 9.17) is 24.4 Å². The molecule has 0 saturated carbocycles. The molecule has 0 aromatic carbocycles. The Bertz CT molecular complexity index is 1310. The summed E-state index contributed by atoms with van der Waals surface area (Å²) in [6.07, 6.45) is 13.7. The van der Waals surface area contributed by atoms with E-state index in [0.29, 0.717) is 17.4 Å². The van der Waals surface area contributed by atoms with Gasteiger partial charge in [-0.15, -0.1) is 0 Å². The van der Waals surface area contributed by atoms with Crippen LogP contribution in [0.2, 0.25) is 5.28 Å². The van der Waals surface area contributed by atoms with E-state index in [1.54, 1.807) is 49.6 Å². The minimum absolute atomic E-state index is 0. The van der Waals surface area contributed by atoms with E-state index < -0.39 is 20.8 Å². The van der Waals surface area contributed by atoms with Crippen molar-refractivity contribution >= 4 is 32.3 Å². The van der Waals surface area contributed by atoms with Gasteiger partial charge in [0, 0.05) is 58.0 Å². The van der Waals surface area contributed by atoms with Gasteiger partial charge in [0.05, 0.1) is 7.11 Å². The van der Waals surface area contributed by atoms with Crippen LogP contribution in [0.15, 0.2) is 49.6 Å². The number of aliphatic hydroxyl groups excluding tert-OH is 1. The zero-order chi connectivity index (χ0) is 30.3. The third-order valence-corrected chi connectivity index (χ3v) is 3.98. The first-order valence-electron chi connectivity index (χ1n) is 10.9. The second-order valence-electron chi connectivity index (χ2n) is 7.24. The molecule has 4 aromatic heterocycles. The molecule has 0 atom stereocenters. The monoisotopic (exact) mass is 712 g/mol. The van der Waals surface area contributed by atoms with Gasteiger partial charge < -0.3 is 11.3 Å². The molecule has 0 bridgehead atoms. The van der Waals surface area contributed by atoms with Gasteiger partial charge in [-0.05, 0) is 61.5 Å². The van der Waals surface area contributed by atoms with Crippen molar-refractivity contribution in [3.63, 3.8) is 0 Å². The molecule has 4 aromatic rings. The predicted molar refractivity (Wildman–Crippen MR) is 170 cm³/mol. The molecule has 4 rings (SSSR count). The summed E-state index contributed by atoms with van der Waals surface area (Å²) in [5, 5.41) is 8.80. The number of ether oxygens (including phenoxy) is 1. The number of esters is 1. The second kappa shape index (κ2) is 36.4. The van der Waals surface area contributed by atoms with Crippen LogP contribution in [0.4, 0.5) is 0 Å². The summed E-state index contributed by atoms with van der Waals surface area (Å²) in [5.41, 5.74) is 3.90. The fourth-order valence-electron chi connectivity index (χ4n) is 1.93. The van der Waals surface area contributed by atoms with Gasteiger partial charge >= 0.3 is 58.0 Å². The average molecular weight is 713 g/mol. The molecule has 0 spiro atoms. The van der Waals surface area contributed by atoms with Crippen molar-refractivity contribution in [1.82, 2.24) is 39.9 Å². The van der Waals surface area contributed by atoms with Crippen LogP contribution in [0.5, 0.6) is 0 Å². The number of nitrogens with zero attached hydrogens (tertiary/aromatic N) is 8. The molecule has 0 aliphatic carbocycles. The van der Waals surface area contributed by atoms with Crippen LogP contribution >= 0.6 is 11.6 Å². The number of methoxy groups -OCH3 is 1. The first-order valence-corrected chi connectivity index (χ1v) is 12.3. The molecule has 3 radical (unpaired) electrons. The van der Waals surface area contributed by atoms with Gasteiger partial charge in [-0.1, -0.05) is 29.7 Å². The molecular formula is C28H44BClMnN8NaO6. The van der Waals surface area contributed by atoms with Gasteiger partial charge in [-0.2, -0.15) is 0 Å². The molecule has 0 fully saturated rings. The Hall–Kier alpha value is -3.11. The Morgan fingerprint density at radius 1 is 0.761 bits per heavy atom. The second-order valence-corrected chi connectivity index (χ2v) is 7.77. The van der Waals surface area contributed by atoms with Crippen LogP contribution in [0, 0.1) is 27.7 Å². The fourth-order valence-corrected chi connectivity index (χ4v) is 2.03. The maximum absolute atomic E-state index is 10.8. The minimum atomic E-state index is -1.44. The van der Waals surface area contributed by atoms with Crippen molar-refractivity contribution in [2.24, 2.45) is 0 Å². The molecule has 0 amide bonds. The zero-order valence-electron chi connectivity index (χ0n) is 24.8. The molecule has 0 aliphatic rings. The SMILES string of the molecule is C.C.C.C.COC(=O)c1ncc(C)cn1.Cc1cnc(C=O)nc1.Cc1cnc(CO)nc1.Cc1cnc(Cl)nc1.[B].[H-].[Na+].[O]=[Mn]=[O]. The molecule has 0 unspecified atom stereocenters. The molecule has 250 valence electrons. The molecule has 14 nitrogen and oxygen atoms in total. The third-order valence-electron chi connectivity index (χ3n) is 3.78. The standard InChI is InChI=1S/C7H8N2O2.C6H8N2O.C6H6N2O.C5H5ClN2.4CH4.B.Mn.Na.2O.H/c1-5-3-8-6(9-4-5)7(10)11-2;2*1-5-2-7-6(4-9)8-3-5;1-4-2-7-5(6)8-3-4;;;;;;;;;;/h3-4H,1-2H3;2-3,9H,4H2,1H3;2-4H,1H3;2-3H,1H3;4*1H4;;;;;;/q;;;;;;;;;;+1;;;-1. The summed E-state index contributed by atoms with van der Waals surface area (Å²) in [7, 11) is 1.30. The van der Waals surface area contributed by atoms with Gasteiger partial charge in [0.2, 0.25) is 11.1 Å². The molecular weight excluding hydrogens is 669 g/mol. The molecule has 46 heavy (non-hydrogen) atoms. The molecule has 18 heteroatoms. The summed E-state index contributed by atoms with van der Waals surface area (Å²) in [4.78, 5) is 50.9. The Morgan fingerprint density at radius 3 is 1.35 bits per heavy atom. The normalized spacial score (nSPS) is 7.72. The van der Waals surface area contributed by atoms with Crippen LogP contribution in [0.1, 0.15) is 80.4 Å². The topological polar surface area (TPSA) is 201 Å². The number of aromatic nitrogens is 8. The van der Waals surface area contributed by atoms with E-state index in [0.717, 1.165) is 22.3 Å². The van der Waals surface area contributed by atoms with Crippen molar-refractivity contribution in [1.29, 1.82) is 0 Å². The number of hydrogen-bond donors (Lipinski definition) is 1. The summed E-state index contributed by atoms with van der Waals surface area (Å²) in [6, 6.07) is 0. The fraction of sp³-hybridized carbons (Fsp3) is 0.357. The number of carbonyl (C=O) groups is 2. The van der Waals surface area contributed by atoms with Crippen molar-refractivity contribution < 1.29 is 72.9 Å². The third kappa shape index (κ3) is 29.6. The number of hydrogen-bond acceptors (Lipinski definition) is 14. The molecule has 4 heterocycles. The summed E-state index contributed by atoms with van der Waals surface area (Å²) in [5.74, 6) is 0.296. The first kappa shape index (κ1) is 58.4. The Labute approximate surface area is 309 Å². The zero-order valence-corrected chi connectivity index (χ0v) is 27.7. The van der Waals surface area contributed by atoms with Gasteiger partial charge in [-0.25, -0.2) is 44.7 Å². The number of carbonyl (C=O) groups excluding carboxylic acids is 2. The van der Waals surface area contributed by atoms with E-state index in [-0.39, 0.29) is 87.4 Å². The molecule has 0 aliphatic heterocycles. The van der Waals surface area contributed by atoms with Crippen molar-refractivity contribution in [3.05, 3.63) is 94.6 Å². The van der Waals surface area contributed by atoms with E-state index >= 15 is 0 Å². The van der Waals surface area contributed by atoms with Gasteiger partial charge in [0.1, 0.15) is 6.61 Å². The number of aryl methyl sites for hydroxylation is 4. The van der Waals surface area contributed by atoms with E-state index in [2.05, 4.69) is 44.6 Å². The van der Waals surface area contributed by atoms with Gasteiger partial charge in [0.25, 0.3) is 0 Å². The van der Waals surface area contributed by atoms with Crippen molar-refractivity contribution in [3.8, 4) is 0 Å². The van der Waals surface area contributed by atoms with Crippen molar-refractivity contribution in [2.45, 2.75) is 64.0 Å².